The molecule has 156 valence electrons. The number of aromatic amines is 1. The van der Waals surface area contributed by atoms with Gasteiger partial charge in [0.2, 0.25) is 0 Å². The van der Waals surface area contributed by atoms with Gasteiger partial charge in [-0.25, -0.2) is 8.60 Å². The highest BCUT2D eigenvalue weighted by Gasteiger charge is 2.21. The molecule has 0 amide bonds. The lowest BCUT2D eigenvalue weighted by Crippen LogP contribution is -2.15. The van der Waals surface area contributed by atoms with Crippen molar-refractivity contribution in [3.8, 4) is 11.1 Å². The Morgan fingerprint density at radius 3 is 2.74 bits per heavy atom. The lowest BCUT2D eigenvalue weighted by atomic mass is 10.0. The predicted molar refractivity (Wildman–Crippen MR) is 122 cm³/mol. The van der Waals surface area contributed by atoms with Crippen LogP contribution < -0.4 is 15.2 Å². The molecular formula is C23H19FN4O2S. The third-order valence-electron chi connectivity index (χ3n) is 5.44. The number of aromatic nitrogens is 2. The summed E-state index contributed by atoms with van der Waals surface area (Å²) in [5, 5.41) is 0.966. The van der Waals surface area contributed by atoms with Gasteiger partial charge in [0, 0.05) is 48.4 Å². The van der Waals surface area contributed by atoms with E-state index in [2.05, 4.69) is 19.6 Å². The van der Waals surface area contributed by atoms with Gasteiger partial charge in [-0.2, -0.15) is 0 Å². The van der Waals surface area contributed by atoms with Crippen molar-refractivity contribution in [1.29, 1.82) is 0 Å². The number of hydrogen-bond acceptors (Lipinski definition) is 4. The maximum atomic E-state index is 13.6. The number of rotatable bonds is 4. The van der Waals surface area contributed by atoms with E-state index in [4.69, 9.17) is 0 Å². The Morgan fingerprint density at radius 1 is 1.06 bits per heavy atom. The van der Waals surface area contributed by atoms with Crippen LogP contribution in [0.4, 0.5) is 15.8 Å². The van der Waals surface area contributed by atoms with Crippen LogP contribution in [0.3, 0.4) is 0 Å². The van der Waals surface area contributed by atoms with E-state index in [9.17, 15) is 13.4 Å². The molecule has 0 radical (unpaired) electrons. The molecule has 5 rings (SSSR count). The maximum absolute atomic E-state index is 13.6. The van der Waals surface area contributed by atoms with Crippen molar-refractivity contribution in [2.45, 2.75) is 13.1 Å². The molecule has 0 fully saturated rings. The molecule has 0 bridgehead atoms. The standard InChI is InChI=1S/C23H19FN4O2S/c1-31(30)27-21-10-16(11-26-23(21)29)14-3-5-20-19(9-14)22(6-7-25-20)28-12-15-2-4-18(24)8-17(15)13-28/h2-11,27H,12-13H2,1H3,(H,26,29). The molecule has 6 nitrogen and oxygen atoms in total. The van der Waals surface area contributed by atoms with Gasteiger partial charge in [0.05, 0.1) is 5.52 Å². The van der Waals surface area contributed by atoms with E-state index < -0.39 is 11.0 Å². The first-order valence-electron chi connectivity index (χ1n) is 9.72. The summed E-state index contributed by atoms with van der Waals surface area (Å²) in [7, 11) is -1.35. The number of halogens is 1. The molecule has 1 atom stereocenters. The summed E-state index contributed by atoms with van der Waals surface area (Å²) in [6.45, 7) is 1.33. The van der Waals surface area contributed by atoms with Gasteiger partial charge in [0.15, 0.2) is 0 Å². The average molecular weight is 434 g/mol. The van der Waals surface area contributed by atoms with Crippen molar-refractivity contribution >= 4 is 33.3 Å². The molecule has 4 aromatic rings. The number of nitrogens with zero attached hydrogens (tertiary/aromatic N) is 2. The maximum Gasteiger partial charge on any atom is 0.272 e. The molecule has 0 saturated carbocycles. The summed E-state index contributed by atoms with van der Waals surface area (Å²) in [5.41, 5.74) is 5.57. The molecule has 1 unspecified atom stereocenters. The summed E-state index contributed by atoms with van der Waals surface area (Å²) in [5.74, 6) is -0.224. The lowest BCUT2D eigenvalue weighted by molar-refractivity contribution is 0.626. The van der Waals surface area contributed by atoms with Gasteiger partial charge in [-0.3, -0.25) is 9.78 Å². The van der Waals surface area contributed by atoms with Crippen LogP contribution in [0.25, 0.3) is 22.0 Å². The first-order chi connectivity index (χ1) is 15.0. The number of benzene rings is 2. The smallest absolute Gasteiger partial charge is 0.272 e. The van der Waals surface area contributed by atoms with Crippen molar-refractivity contribution < 1.29 is 8.60 Å². The number of anilines is 2. The van der Waals surface area contributed by atoms with E-state index in [1.807, 2.05) is 30.3 Å². The van der Waals surface area contributed by atoms with E-state index in [0.717, 1.165) is 38.8 Å². The Hall–Kier alpha value is -3.52. The summed E-state index contributed by atoms with van der Waals surface area (Å²) >= 11 is 0. The van der Waals surface area contributed by atoms with Crippen molar-refractivity contribution in [2.75, 3.05) is 15.9 Å². The second-order valence-corrected chi connectivity index (χ2v) is 8.63. The van der Waals surface area contributed by atoms with Crippen molar-refractivity contribution in [1.82, 2.24) is 9.97 Å². The van der Waals surface area contributed by atoms with E-state index in [1.54, 1.807) is 24.5 Å². The van der Waals surface area contributed by atoms with Crippen LogP contribution in [0.15, 0.2) is 65.7 Å². The van der Waals surface area contributed by atoms with Crippen molar-refractivity contribution in [3.05, 3.63) is 88.2 Å². The van der Waals surface area contributed by atoms with Gasteiger partial charge in [0.1, 0.15) is 22.5 Å². The highest BCUT2D eigenvalue weighted by atomic mass is 32.2. The SMILES string of the molecule is CS(=O)Nc1cc(-c2ccc3nccc(N4Cc5ccc(F)cc5C4)c3c2)c[nH]c1=O. The van der Waals surface area contributed by atoms with Gasteiger partial charge in [-0.1, -0.05) is 12.1 Å². The van der Waals surface area contributed by atoms with Crippen LogP contribution in [0.1, 0.15) is 11.1 Å². The zero-order chi connectivity index (χ0) is 21.5. The molecule has 1 aliphatic rings. The highest BCUT2D eigenvalue weighted by Crippen LogP contribution is 2.35. The third-order valence-corrected chi connectivity index (χ3v) is 5.95. The molecule has 31 heavy (non-hydrogen) atoms. The number of hydrogen-bond donors (Lipinski definition) is 2. The fraction of sp³-hybridized carbons (Fsp3) is 0.130. The molecular weight excluding hydrogens is 415 g/mol. The van der Waals surface area contributed by atoms with E-state index in [0.29, 0.717) is 13.1 Å². The zero-order valence-electron chi connectivity index (χ0n) is 16.7. The number of pyridine rings is 2. The van der Waals surface area contributed by atoms with Crippen LogP contribution in [0.2, 0.25) is 0 Å². The van der Waals surface area contributed by atoms with Gasteiger partial charge in [-0.05, 0) is 53.1 Å². The molecule has 2 aromatic heterocycles. The first-order valence-corrected chi connectivity index (χ1v) is 11.3. The van der Waals surface area contributed by atoms with Crippen molar-refractivity contribution in [3.63, 3.8) is 0 Å². The largest absolute Gasteiger partial charge is 0.362 e. The minimum Gasteiger partial charge on any atom is -0.362 e. The van der Waals surface area contributed by atoms with Crippen LogP contribution in [-0.4, -0.2) is 20.4 Å². The van der Waals surface area contributed by atoms with E-state index in [-0.39, 0.29) is 17.1 Å². The Balaban J connectivity index is 1.57. The second kappa shape index (κ2) is 7.63. The predicted octanol–water partition coefficient (Wildman–Crippen LogP) is 3.95. The molecule has 2 aromatic carbocycles. The summed E-state index contributed by atoms with van der Waals surface area (Å²) < 4.78 is 27.8. The topological polar surface area (TPSA) is 78.1 Å². The highest BCUT2D eigenvalue weighted by molar-refractivity contribution is 7.85. The molecule has 3 heterocycles. The molecule has 0 aliphatic carbocycles. The molecule has 1 aliphatic heterocycles. The lowest BCUT2D eigenvalue weighted by Gasteiger charge is -2.20. The van der Waals surface area contributed by atoms with Gasteiger partial charge < -0.3 is 14.6 Å². The van der Waals surface area contributed by atoms with Gasteiger partial charge in [0.25, 0.3) is 5.56 Å². The Labute approximate surface area is 180 Å². The van der Waals surface area contributed by atoms with Crippen LogP contribution in [0, 0.1) is 5.82 Å². The van der Waals surface area contributed by atoms with Crippen LogP contribution in [0.5, 0.6) is 0 Å². The van der Waals surface area contributed by atoms with Gasteiger partial charge >= 0.3 is 0 Å². The second-order valence-electron chi connectivity index (χ2n) is 7.52. The summed E-state index contributed by atoms with van der Waals surface area (Å²) in [6, 6.07) is 14.5. The molecule has 8 heteroatoms. The summed E-state index contributed by atoms with van der Waals surface area (Å²) in [4.78, 5) is 21.4. The minimum absolute atomic E-state index is 0.224. The molecule has 0 saturated heterocycles. The minimum atomic E-state index is -1.35. The Kier molecular flexibility index (Phi) is 4.78. The molecule has 0 spiro atoms. The zero-order valence-corrected chi connectivity index (χ0v) is 17.5. The fourth-order valence-corrected chi connectivity index (χ4v) is 4.46. The van der Waals surface area contributed by atoms with E-state index >= 15 is 0 Å². The van der Waals surface area contributed by atoms with Crippen LogP contribution >= 0.6 is 0 Å². The number of nitrogens with one attached hydrogen (secondary N) is 2. The molecule has 2 N–H and O–H groups in total. The number of fused-ring (bicyclic) bond motifs is 2. The third kappa shape index (κ3) is 3.70. The van der Waals surface area contributed by atoms with Gasteiger partial charge in [-0.15, -0.1) is 0 Å². The quantitative estimate of drug-likeness (QED) is 0.510. The Bertz CT molecular complexity index is 1400. The summed E-state index contributed by atoms with van der Waals surface area (Å²) in [6.07, 6.45) is 4.89. The normalized spacial score (nSPS) is 13.9. The van der Waals surface area contributed by atoms with E-state index in [1.165, 1.54) is 12.3 Å². The van der Waals surface area contributed by atoms with Crippen molar-refractivity contribution in [2.24, 2.45) is 0 Å². The number of H-pyrrole nitrogens is 1. The monoisotopic (exact) mass is 434 g/mol. The van der Waals surface area contributed by atoms with Crippen LogP contribution in [-0.2, 0) is 24.1 Å². The Morgan fingerprint density at radius 2 is 1.90 bits per heavy atom. The fourth-order valence-electron chi connectivity index (χ4n) is 4.00. The first kappa shape index (κ1) is 19.4. The average Bonchev–Trinajstić information content (AvgIpc) is 3.17.